The number of nitrogens with one attached hydrogen (secondary N) is 1. The number of esters is 1. The van der Waals surface area contributed by atoms with Crippen LogP contribution in [0.1, 0.15) is 24.2 Å². The number of aromatic amines is 1. The Bertz CT molecular complexity index is 400. The third kappa shape index (κ3) is 3.13. The van der Waals surface area contributed by atoms with Crippen molar-refractivity contribution in [3.63, 3.8) is 0 Å². The highest BCUT2D eigenvalue weighted by Crippen LogP contribution is 2.20. The van der Waals surface area contributed by atoms with Crippen molar-refractivity contribution in [3.05, 3.63) is 28.2 Å². The fourth-order valence-corrected chi connectivity index (χ4v) is 1.90. The molecular formula is C10H13NO3S. The summed E-state index contributed by atoms with van der Waals surface area (Å²) in [5.41, 5.74) is 0.210. The van der Waals surface area contributed by atoms with Crippen LogP contribution in [-0.2, 0) is 4.74 Å². The minimum atomic E-state index is -0.398. The van der Waals surface area contributed by atoms with Gasteiger partial charge >= 0.3 is 5.97 Å². The lowest BCUT2D eigenvalue weighted by Crippen LogP contribution is -2.12. The van der Waals surface area contributed by atoms with E-state index in [1.165, 1.54) is 24.0 Å². The molecule has 5 heteroatoms. The number of pyridine rings is 1. The maximum Gasteiger partial charge on any atom is 0.340 e. The van der Waals surface area contributed by atoms with E-state index < -0.39 is 5.97 Å². The first kappa shape index (κ1) is 11.8. The molecule has 0 aliphatic rings. The Morgan fingerprint density at radius 1 is 1.53 bits per heavy atom. The zero-order chi connectivity index (χ0) is 11.3. The molecule has 1 N–H and O–H groups in total. The number of ether oxygens (including phenoxy) is 1. The highest BCUT2D eigenvalue weighted by atomic mass is 32.2. The first-order chi connectivity index (χ1) is 7.19. The summed E-state index contributed by atoms with van der Waals surface area (Å²) in [7, 11) is 0. The Labute approximate surface area is 92.0 Å². The normalized spacial score (nSPS) is 10.0. The maximum atomic E-state index is 11.5. The molecular weight excluding hydrogens is 214 g/mol. The quantitative estimate of drug-likeness (QED) is 0.628. The first-order valence-electron chi connectivity index (χ1n) is 4.71. The Hall–Kier alpha value is -1.23. The number of aromatic nitrogens is 1. The molecule has 0 spiro atoms. The van der Waals surface area contributed by atoms with Crippen molar-refractivity contribution in [2.45, 2.75) is 18.7 Å². The standard InChI is InChI=1S/C10H13NO3S/c1-3-14-10(13)7-6-11-9(12)5-8(7)15-4-2/h5-6H,3-4H2,1-2H3,(H,11,12). The lowest BCUT2D eigenvalue weighted by atomic mass is 10.3. The monoisotopic (exact) mass is 227 g/mol. The Balaban J connectivity index is 3.04. The van der Waals surface area contributed by atoms with E-state index in [9.17, 15) is 9.59 Å². The smallest absolute Gasteiger partial charge is 0.340 e. The van der Waals surface area contributed by atoms with Gasteiger partial charge in [-0.2, -0.15) is 0 Å². The van der Waals surface area contributed by atoms with Crippen LogP contribution in [0.4, 0.5) is 0 Å². The van der Waals surface area contributed by atoms with Crippen molar-refractivity contribution < 1.29 is 9.53 Å². The van der Waals surface area contributed by atoms with Gasteiger partial charge in [0.25, 0.3) is 0 Å². The van der Waals surface area contributed by atoms with E-state index in [2.05, 4.69) is 4.98 Å². The van der Waals surface area contributed by atoms with Crippen molar-refractivity contribution in [1.29, 1.82) is 0 Å². The molecule has 0 aliphatic carbocycles. The molecule has 0 atom stereocenters. The van der Waals surface area contributed by atoms with Gasteiger partial charge in [0.15, 0.2) is 0 Å². The van der Waals surface area contributed by atoms with Gasteiger partial charge in [0, 0.05) is 17.2 Å². The summed E-state index contributed by atoms with van der Waals surface area (Å²) in [5.74, 6) is 0.403. The second kappa shape index (κ2) is 5.60. The van der Waals surface area contributed by atoms with Crippen LogP contribution in [0.15, 0.2) is 22.0 Å². The first-order valence-corrected chi connectivity index (χ1v) is 5.70. The predicted molar refractivity (Wildman–Crippen MR) is 59.4 cm³/mol. The van der Waals surface area contributed by atoms with Crippen LogP contribution in [0, 0.1) is 0 Å². The maximum absolute atomic E-state index is 11.5. The van der Waals surface area contributed by atoms with E-state index in [0.717, 1.165) is 5.75 Å². The lowest BCUT2D eigenvalue weighted by molar-refractivity contribution is 0.0521. The summed E-state index contributed by atoms with van der Waals surface area (Å²) >= 11 is 1.45. The zero-order valence-electron chi connectivity index (χ0n) is 8.70. The molecule has 0 aromatic carbocycles. The minimum Gasteiger partial charge on any atom is -0.462 e. The SMILES string of the molecule is CCOC(=O)c1c[nH]c(=O)cc1SCC. The van der Waals surface area contributed by atoms with Gasteiger partial charge in [0.2, 0.25) is 5.56 Å². The van der Waals surface area contributed by atoms with Crippen LogP contribution in [0.5, 0.6) is 0 Å². The molecule has 1 rings (SSSR count). The highest BCUT2D eigenvalue weighted by molar-refractivity contribution is 7.99. The number of H-pyrrole nitrogens is 1. The molecule has 0 unspecified atom stereocenters. The molecule has 1 aromatic heterocycles. The molecule has 15 heavy (non-hydrogen) atoms. The fraction of sp³-hybridized carbons (Fsp3) is 0.400. The van der Waals surface area contributed by atoms with Crippen LogP contribution in [-0.4, -0.2) is 23.3 Å². The molecule has 1 aromatic rings. The van der Waals surface area contributed by atoms with Gasteiger partial charge in [-0.25, -0.2) is 4.79 Å². The summed E-state index contributed by atoms with van der Waals surface area (Å²) in [6.45, 7) is 4.03. The van der Waals surface area contributed by atoms with E-state index in [1.54, 1.807) is 6.92 Å². The fourth-order valence-electron chi connectivity index (χ4n) is 1.10. The Kier molecular flexibility index (Phi) is 4.42. The Morgan fingerprint density at radius 3 is 2.87 bits per heavy atom. The van der Waals surface area contributed by atoms with Crippen LogP contribution in [0.25, 0.3) is 0 Å². The summed E-state index contributed by atoms with van der Waals surface area (Å²) < 4.78 is 4.88. The van der Waals surface area contributed by atoms with Crippen LogP contribution < -0.4 is 5.56 Å². The number of rotatable bonds is 4. The largest absolute Gasteiger partial charge is 0.462 e. The van der Waals surface area contributed by atoms with Gasteiger partial charge in [0.05, 0.1) is 12.2 Å². The number of carbonyl (C=O) groups excluding carboxylic acids is 1. The van der Waals surface area contributed by atoms with Gasteiger partial charge in [-0.3, -0.25) is 4.79 Å². The van der Waals surface area contributed by atoms with Crippen molar-refractivity contribution in [2.75, 3.05) is 12.4 Å². The number of hydrogen-bond acceptors (Lipinski definition) is 4. The van der Waals surface area contributed by atoms with Crippen molar-refractivity contribution in [2.24, 2.45) is 0 Å². The topological polar surface area (TPSA) is 59.2 Å². The summed E-state index contributed by atoms with van der Waals surface area (Å²) in [6, 6.07) is 1.42. The van der Waals surface area contributed by atoms with E-state index in [0.29, 0.717) is 17.1 Å². The zero-order valence-corrected chi connectivity index (χ0v) is 9.52. The molecule has 0 saturated heterocycles. The van der Waals surface area contributed by atoms with E-state index in [4.69, 9.17) is 4.74 Å². The summed E-state index contributed by atoms with van der Waals surface area (Å²) in [4.78, 5) is 25.7. The van der Waals surface area contributed by atoms with Gasteiger partial charge in [-0.15, -0.1) is 11.8 Å². The molecule has 82 valence electrons. The Morgan fingerprint density at radius 2 is 2.27 bits per heavy atom. The van der Waals surface area contributed by atoms with Gasteiger partial charge in [0.1, 0.15) is 0 Å². The third-order valence-electron chi connectivity index (χ3n) is 1.68. The molecule has 4 nitrogen and oxygen atoms in total. The van der Waals surface area contributed by atoms with Gasteiger partial charge < -0.3 is 9.72 Å². The number of thioether (sulfide) groups is 1. The molecule has 0 radical (unpaired) electrons. The highest BCUT2D eigenvalue weighted by Gasteiger charge is 2.12. The van der Waals surface area contributed by atoms with Crippen molar-refractivity contribution >= 4 is 17.7 Å². The predicted octanol–water partition coefficient (Wildman–Crippen LogP) is 1.66. The van der Waals surface area contributed by atoms with Crippen molar-refractivity contribution in [1.82, 2.24) is 4.98 Å². The van der Waals surface area contributed by atoms with Crippen LogP contribution in [0.2, 0.25) is 0 Å². The number of carbonyl (C=O) groups is 1. The summed E-state index contributed by atoms with van der Waals surface area (Å²) in [6.07, 6.45) is 1.40. The third-order valence-corrected chi connectivity index (χ3v) is 2.62. The van der Waals surface area contributed by atoms with Crippen LogP contribution in [0.3, 0.4) is 0 Å². The second-order valence-corrected chi connectivity index (χ2v) is 4.03. The average molecular weight is 227 g/mol. The molecule has 0 bridgehead atoms. The van der Waals surface area contributed by atoms with Gasteiger partial charge in [-0.1, -0.05) is 6.92 Å². The van der Waals surface area contributed by atoms with Crippen LogP contribution >= 0.6 is 11.8 Å². The average Bonchev–Trinajstić information content (AvgIpc) is 2.18. The summed E-state index contributed by atoms with van der Waals surface area (Å²) in [5, 5.41) is 0. The molecule has 0 amide bonds. The van der Waals surface area contributed by atoms with E-state index in [-0.39, 0.29) is 5.56 Å². The molecule has 1 heterocycles. The molecule has 0 fully saturated rings. The lowest BCUT2D eigenvalue weighted by Gasteiger charge is -2.06. The second-order valence-electron chi connectivity index (χ2n) is 2.73. The molecule has 0 aliphatic heterocycles. The van der Waals surface area contributed by atoms with Crippen molar-refractivity contribution in [3.8, 4) is 0 Å². The molecule has 0 saturated carbocycles. The van der Waals surface area contributed by atoms with Gasteiger partial charge in [-0.05, 0) is 12.7 Å². The van der Waals surface area contributed by atoms with E-state index in [1.807, 2.05) is 6.92 Å². The minimum absolute atomic E-state index is 0.209. The number of hydrogen-bond donors (Lipinski definition) is 1. The van der Waals surface area contributed by atoms with E-state index >= 15 is 0 Å².